The topological polar surface area (TPSA) is 132 Å². The zero-order valence-electron chi connectivity index (χ0n) is 11.6. The molecule has 4 atom stereocenters. The highest BCUT2D eigenvalue weighted by molar-refractivity contribution is 5.81. The molecule has 0 aromatic carbocycles. The van der Waals surface area contributed by atoms with Gasteiger partial charge in [-0.15, -0.1) is 0 Å². The minimum Gasteiger partial charge on any atom is -0.387 e. The van der Waals surface area contributed by atoms with Crippen molar-refractivity contribution >= 4 is 17.0 Å². The lowest BCUT2D eigenvalue weighted by Crippen LogP contribution is -2.34. The Morgan fingerprint density at radius 3 is 2.86 bits per heavy atom. The molecule has 22 heavy (non-hydrogen) atoms. The third kappa shape index (κ3) is 2.21. The SMILES string of the molecule is Nc1ncnc2c1ncn2[C@@H]1O[C@H](CON2CC2)C(O)C1O. The van der Waals surface area contributed by atoms with E-state index in [9.17, 15) is 10.2 Å². The Morgan fingerprint density at radius 1 is 1.27 bits per heavy atom. The Morgan fingerprint density at radius 2 is 2.09 bits per heavy atom. The van der Waals surface area contributed by atoms with Crippen LogP contribution >= 0.6 is 0 Å². The fourth-order valence-corrected chi connectivity index (χ4v) is 2.50. The third-order valence-corrected chi connectivity index (χ3v) is 3.83. The quantitative estimate of drug-likeness (QED) is 0.564. The fourth-order valence-electron chi connectivity index (χ4n) is 2.50. The lowest BCUT2D eigenvalue weighted by Gasteiger charge is -2.16. The summed E-state index contributed by atoms with van der Waals surface area (Å²) in [5.41, 5.74) is 6.61. The molecular formula is C12H16N6O4. The Hall–Kier alpha value is -1.85. The van der Waals surface area contributed by atoms with E-state index in [2.05, 4.69) is 15.0 Å². The van der Waals surface area contributed by atoms with Gasteiger partial charge in [0.15, 0.2) is 17.7 Å². The number of fused-ring (bicyclic) bond motifs is 1. The molecule has 2 aromatic heterocycles. The van der Waals surface area contributed by atoms with Crippen LogP contribution in [0.25, 0.3) is 11.2 Å². The maximum absolute atomic E-state index is 10.2. The van der Waals surface area contributed by atoms with Gasteiger partial charge in [-0.1, -0.05) is 0 Å². The summed E-state index contributed by atoms with van der Waals surface area (Å²) in [6, 6.07) is 0. The Balaban J connectivity index is 1.59. The number of hydrogen-bond donors (Lipinski definition) is 3. The number of nitrogens with two attached hydrogens (primary N) is 1. The minimum absolute atomic E-state index is 0.179. The maximum atomic E-state index is 10.2. The highest BCUT2D eigenvalue weighted by Crippen LogP contribution is 2.32. The van der Waals surface area contributed by atoms with Crippen LogP contribution in [-0.4, -0.2) is 72.8 Å². The van der Waals surface area contributed by atoms with Gasteiger partial charge in [-0.25, -0.2) is 15.0 Å². The monoisotopic (exact) mass is 308 g/mol. The van der Waals surface area contributed by atoms with Gasteiger partial charge in [0.25, 0.3) is 0 Å². The number of aliphatic hydroxyl groups is 2. The van der Waals surface area contributed by atoms with Crippen LogP contribution in [0.1, 0.15) is 6.23 Å². The molecule has 0 bridgehead atoms. The second-order valence-electron chi connectivity index (χ2n) is 5.35. The molecule has 2 unspecified atom stereocenters. The maximum Gasteiger partial charge on any atom is 0.167 e. The van der Waals surface area contributed by atoms with Gasteiger partial charge in [0.05, 0.1) is 12.9 Å². The van der Waals surface area contributed by atoms with Crippen LogP contribution in [0.4, 0.5) is 5.82 Å². The summed E-state index contributed by atoms with van der Waals surface area (Å²) in [4.78, 5) is 17.5. The first-order valence-corrected chi connectivity index (χ1v) is 6.97. The first-order valence-electron chi connectivity index (χ1n) is 6.97. The van der Waals surface area contributed by atoms with Crippen molar-refractivity contribution in [2.45, 2.75) is 24.5 Å². The van der Waals surface area contributed by atoms with Gasteiger partial charge in [0, 0.05) is 13.1 Å². The van der Waals surface area contributed by atoms with Gasteiger partial charge in [-0.2, -0.15) is 5.06 Å². The number of aliphatic hydroxyl groups excluding tert-OH is 2. The summed E-state index contributed by atoms with van der Waals surface area (Å²) >= 11 is 0. The molecule has 4 N–H and O–H groups in total. The summed E-state index contributed by atoms with van der Waals surface area (Å²) < 4.78 is 7.27. The predicted octanol–water partition coefficient (Wildman–Crippen LogP) is -1.73. The fraction of sp³-hybridized carbons (Fsp3) is 0.583. The van der Waals surface area contributed by atoms with Gasteiger partial charge >= 0.3 is 0 Å². The highest BCUT2D eigenvalue weighted by atomic mass is 16.7. The Labute approximate surface area is 125 Å². The molecule has 10 nitrogen and oxygen atoms in total. The summed E-state index contributed by atoms with van der Waals surface area (Å²) in [6.07, 6.45) is -0.828. The number of hydroxylamine groups is 2. The van der Waals surface area contributed by atoms with E-state index in [1.54, 1.807) is 9.63 Å². The zero-order valence-corrected chi connectivity index (χ0v) is 11.6. The molecule has 0 radical (unpaired) electrons. The molecule has 2 fully saturated rings. The molecule has 2 aromatic rings. The smallest absolute Gasteiger partial charge is 0.167 e. The Kier molecular flexibility index (Phi) is 3.20. The molecule has 0 saturated carbocycles. The van der Waals surface area contributed by atoms with Crippen molar-refractivity contribution in [1.82, 2.24) is 24.6 Å². The first kappa shape index (κ1) is 13.8. The van der Waals surface area contributed by atoms with Gasteiger partial charge in [0.1, 0.15) is 30.2 Å². The molecule has 0 spiro atoms. The molecular weight excluding hydrogens is 292 g/mol. The van der Waals surface area contributed by atoms with E-state index < -0.39 is 24.5 Å². The van der Waals surface area contributed by atoms with E-state index >= 15 is 0 Å². The third-order valence-electron chi connectivity index (χ3n) is 3.83. The second kappa shape index (κ2) is 5.11. The molecule has 10 heteroatoms. The highest BCUT2D eigenvalue weighted by Gasteiger charge is 2.45. The van der Waals surface area contributed by atoms with Crippen LogP contribution in [0, 0.1) is 0 Å². The molecule has 0 aliphatic carbocycles. The van der Waals surface area contributed by atoms with E-state index in [0.717, 1.165) is 13.1 Å². The van der Waals surface area contributed by atoms with Crippen LogP contribution in [0.15, 0.2) is 12.7 Å². The lowest BCUT2D eigenvalue weighted by molar-refractivity contribution is -0.131. The molecule has 118 valence electrons. The van der Waals surface area contributed by atoms with Crippen molar-refractivity contribution in [3.05, 3.63) is 12.7 Å². The van der Waals surface area contributed by atoms with Crippen molar-refractivity contribution in [1.29, 1.82) is 0 Å². The summed E-state index contributed by atoms with van der Waals surface area (Å²) in [7, 11) is 0. The molecule has 4 heterocycles. The molecule has 2 aliphatic rings. The minimum atomic E-state index is -1.11. The molecule has 2 aliphatic heterocycles. The second-order valence-corrected chi connectivity index (χ2v) is 5.35. The van der Waals surface area contributed by atoms with Gasteiger partial charge in [-0.05, 0) is 0 Å². The summed E-state index contributed by atoms with van der Waals surface area (Å²) in [5, 5.41) is 22.1. The average Bonchev–Trinajstić information content (AvgIpc) is 3.18. The normalized spacial score (nSPS) is 31.9. The zero-order chi connectivity index (χ0) is 15.3. The van der Waals surface area contributed by atoms with Crippen LogP contribution in [0.5, 0.6) is 0 Å². The lowest BCUT2D eigenvalue weighted by atomic mass is 10.1. The number of imidazole rings is 1. The number of aromatic nitrogens is 4. The van der Waals surface area contributed by atoms with E-state index in [1.807, 2.05) is 0 Å². The van der Waals surface area contributed by atoms with E-state index in [0.29, 0.717) is 11.2 Å². The largest absolute Gasteiger partial charge is 0.387 e. The van der Waals surface area contributed by atoms with Crippen LogP contribution in [-0.2, 0) is 9.57 Å². The summed E-state index contributed by atoms with van der Waals surface area (Å²) in [6.45, 7) is 1.92. The Bertz CT molecular complexity index is 689. The van der Waals surface area contributed by atoms with E-state index in [1.165, 1.54) is 12.7 Å². The van der Waals surface area contributed by atoms with Crippen molar-refractivity contribution in [3.63, 3.8) is 0 Å². The van der Waals surface area contributed by atoms with Gasteiger partial charge < -0.3 is 20.7 Å². The first-order chi connectivity index (χ1) is 10.6. The molecule has 2 saturated heterocycles. The van der Waals surface area contributed by atoms with Crippen LogP contribution < -0.4 is 5.73 Å². The van der Waals surface area contributed by atoms with E-state index in [-0.39, 0.29) is 12.4 Å². The molecule has 0 amide bonds. The standard InChI is InChI=1S/C12H16N6O4/c13-10-7-11(15-4-14-10)18(5-16-7)12-9(20)8(19)6(22-12)3-21-17-1-2-17/h4-6,8-9,12,19-20H,1-3H2,(H2,13,14,15)/t6-,8?,9?,12-/m1/s1. The number of rotatable bonds is 4. The number of hydrogen-bond acceptors (Lipinski definition) is 9. The number of anilines is 1. The average molecular weight is 308 g/mol. The summed E-state index contributed by atoms with van der Waals surface area (Å²) in [5.74, 6) is 0.248. The number of ether oxygens (including phenoxy) is 1. The van der Waals surface area contributed by atoms with Crippen molar-refractivity contribution in [3.8, 4) is 0 Å². The van der Waals surface area contributed by atoms with Gasteiger partial charge in [-0.3, -0.25) is 9.40 Å². The number of nitrogen functional groups attached to an aromatic ring is 1. The molecule has 4 rings (SSSR count). The van der Waals surface area contributed by atoms with Crippen molar-refractivity contribution in [2.75, 3.05) is 25.4 Å². The van der Waals surface area contributed by atoms with E-state index in [4.69, 9.17) is 15.3 Å². The van der Waals surface area contributed by atoms with Crippen LogP contribution in [0.2, 0.25) is 0 Å². The van der Waals surface area contributed by atoms with Crippen molar-refractivity contribution in [2.24, 2.45) is 0 Å². The van der Waals surface area contributed by atoms with Crippen LogP contribution in [0.3, 0.4) is 0 Å². The number of nitrogens with zero attached hydrogens (tertiary/aromatic N) is 5. The predicted molar refractivity (Wildman–Crippen MR) is 73.2 cm³/mol. The van der Waals surface area contributed by atoms with Gasteiger partial charge in [0.2, 0.25) is 0 Å². The van der Waals surface area contributed by atoms with Crippen molar-refractivity contribution < 1.29 is 19.8 Å².